The van der Waals surface area contributed by atoms with Crippen molar-refractivity contribution in [3.8, 4) is 11.4 Å². The molecule has 22 heavy (non-hydrogen) atoms. The van der Waals surface area contributed by atoms with Gasteiger partial charge in [-0.05, 0) is 31.9 Å². The molecule has 0 atom stereocenters. The van der Waals surface area contributed by atoms with Crippen LogP contribution in [0.5, 0.6) is 0 Å². The van der Waals surface area contributed by atoms with E-state index in [0.29, 0.717) is 18.9 Å². The summed E-state index contributed by atoms with van der Waals surface area (Å²) in [4.78, 5) is 20.7. The summed E-state index contributed by atoms with van der Waals surface area (Å²) in [6.45, 7) is 10.6. The molecule has 0 aliphatic carbocycles. The lowest BCUT2D eigenvalue weighted by molar-refractivity contribution is 0.682. The Bertz CT molecular complexity index is 716. The molecular weight excluding hydrogens is 278 g/mol. The van der Waals surface area contributed by atoms with Gasteiger partial charge in [0.1, 0.15) is 5.82 Å². The second kappa shape index (κ2) is 7.00. The number of rotatable bonds is 6. The Morgan fingerprint density at radius 2 is 1.95 bits per heavy atom. The Morgan fingerprint density at radius 1 is 1.27 bits per heavy atom. The molecule has 0 amide bonds. The average Bonchev–Trinajstić information content (AvgIpc) is 2.47. The van der Waals surface area contributed by atoms with Gasteiger partial charge in [0.15, 0.2) is 0 Å². The van der Waals surface area contributed by atoms with Crippen molar-refractivity contribution in [2.45, 2.75) is 27.3 Å². The van der Waals surface area contributed by atoms with Crippen LogP contribution in [-0.2, 0) is 6.54 Å². The van der Waals surface area contributed by atoms with Crippen molar-refractivity contribution in [3.63, 3.8) is 0 Å². The van der Waals surface area contributed by atoms with Gasteiger partial charge in [-0.3, -0.25) is 9.99 Å². The molecular formula is C16H21N5O. The van der Waals surface area contributed by atoms with Crippen molar-refractivity contribution in [2.75, 3.05) is 12.0 Å². The third-order valence-electron chi connectivity index (χ3n) is 3.37. The molecule has 0 aliphatic heterocycles. The first kappa shape index (κ1) is 15.9. The van der Waals surface area contributed by atoms with Crippen LogP contribution in [0.4, 0.5) is 5.95 Å². The van der Waals surface area contributed by atoms with Crippen LogP contribution in [0.2, 0.25) is 0 Å². The van der Waals surface area contributed by atoms with E-state index in [2.05, 4.69) is 27.4 Å². The molecule has 1 aromatic heterocycles. The number of aromatic nitrogens is 3. The first-order chi connectivity index (χ1) is 10.6. The minimum atomic E-state index is -0.321. The summed E-state index contributed by atoms with van der Waals surface area (Å²) in [5.74, 6) is 0.884. The van der Waals surface area contributed by atoms with Gasteiger partial charge in [-0.1, -0.05) is 24.3 Å². The van der Waals surface area contributed by atoms with Gasteiger partial charge in [0.05, 0.1) is 0 Å². The van der Waals surface area contributed by atoms with Crippen LogP contribution in [0.25, 0.3) is 11.4 Å². The van der Waals surface area contributed by atoms with Gasteiger partial charge in [0, 0.05) is 18.7 Å². The molecule has 0 spiro atoms. The average molecular weight is 299 g/mol. The maximum atomic E-state index is 12.2. The topological polar surface area (TPSA) is 71.8 Å². The van der Waals surface area contributed by atoms with Gasteiger partial charge < -0.3 is 0 Å². The van der Waals surface area contributed by atoms with Gasteiger partial charge in [-0.2, -0.15) is 9.97 Å². The van der Waals surface area contributed by atoms with Crippen LogP contribution < -0.4 is 16.5 Å². The molecule has 0 fully saturated rings. The van der Waals surface area contributed by atoms with E-state index >= 15 is 0 Å². The van der Waals surface area contributed by atoms with Crippen molar-refractivity contribution in [3.05, 3.63) is 52.5 Å². The van der Waals surface area contributed by atoms with Gasteiger partial charge in [0.2, 0.25) is 5.95 Å². The Balaban J connectivity index is 2.57. The van der Waals surface area contributed by atoms with E-state index in [-0.39, 0.29) is 11.6 Å². The Morgan fingerprint density at radius 3 is 2.55 bits per heavy atom. The molecule has 6 heteroatoms. The van der Waals surface area contributed by atoms with E-state index in [9.17, 15) is 4.79 Å². The minimum Gasteiger partial charge on any atom is -0.289 e. The Kier molecular flexibility index (Phi) is 5.06. The van der Waals surface area contributed by atoms with Crippen molar-refractivity contribution in [1.82, 2.24) is 20.0 Å². The zero-order valence-corrected chi connectivity index (χ0v) is 13.2. The van der Waals surface area contributed by atoms with Gasteiger partial charge in [0.25, 0.3) is 0 Å². The van der Waals surface area contributed by atoms with Crippen molar-refractivity contribution < 1.29 is 0 Å². The van der Waals surface area contributed by atoms with Crippen LogP contribution in [-0.4, -0.2) is 21.1 Å². The second-order valence-electron chi connectivity index (χ2n) is 4.96. The maximum absolute atomic E-state index is 12.2. The lowest BCUT2D eigenvalue weighted by atomic mass is 10.0. The number of benzene rings is 1. The Labute approximate surface area is 129 Å². The van der Waals surface area contributed by atoms with E-state index in [0.717, 1.165) is 16.7 Å². The van der Waals surface area contributed by atoms with Gasteiger partial charge in [-0.25, -0.2) is 10.2 Å². The van der Waals surface area contributed by atoms with Crippen molar-refractivity contribution in [2.24, 2.45) is 0 Å². The van der Waals surface area contributed by atoms with Crippen LogP contribution in [0.1, 0.15) is 18.1 Å². The predicted molar refractivity (Wildman–Crippen MR) is 88.7 cm³/mol. The maximum Gasteiger partial charge on any atom is 0.352 e. The van der Waals surface area contributed by atoms with Crippen LogP contribution in [0.3, 0.4) is 0 Å². The van der Waals surface area contributed by atoms with E-state index < -0.39 is 0 Å². The monoisotopic (exact) mass is 299 g/mol. The molecule has 2 N–H and O–H groups in total. The third-order valence-corrected chi connectivity index (χ3v) is 3.37. The quantitative estimate of drug-likeness (QED) is 0.485. The first-order valence-corrected chi connectivity index (χ1v) is 7.23. The normalized spacial score (nSPS) is 10.5. The Hall–Kier alpha value is -2.47. The molecule has 116 valence electrons. The molecule has 1 aromatic carbocycles. The van der Waals surface area contributed by atoms with Crippen molar-refractivity contribution >= 4 is 5.95 Å². The lowest BCUT2D eigenvalue weighted by Crippen LogP contribution is -2.30. The highest BCUT2D eigenvalue weighted by atomic mass is 16.1. The molecule has 0 bridgehead atoms. The zero-order chi connectivity index (χ0) is 16.1. The highest BCUT2D eigenvalue weighted by Crippen LogP contribution is 2.25. The number of anilines is 1. The van der Waals surface area contributed by atoms with Crippen LogP contribution >= 0.6 is 0 Å². The lowest BCUT2D eigenvalue weighted by Gasteiger charge is -2.15. The van der Waals surface area contributed by atoms with E-state index in [1.165, 1.54) is 0 Å². The zero-order valence-electron chi connectivity index (χ0n) is 13.2. The van der Waals surface area contributed by atoms with E-state index in [1.54, 1.807) is 10.6 Å². The molecule has 0 aliphatic rings. The number of nitrogens with zero attached hydrogens (tertiary/aromatic N) is 3. The number of hydrazine groups is 1. The van der Waals surface area contributed by atoms with Crippen LogP contribution in [0.15, 0.2) is 35.6 Å². The molecule has 0 saturated carbocycles. The number of hydrogen-bond donors (Lipinski definition) is 2. The molecule has 2 aromatic rings. The second-order valence-corrected chi connectivity index (χ2v) is 4.96. The number of hydrogen-bond acceptors (Lipinski definition) is 5. The molecule has 0 radical (unpaired) electrons. The van der Waals surface area contributed by atoms with Crippen molar-refractivity contribution in [1.29, 1.82) is 0 Å². The largest absolute Gasteiger partial charge is 0.352 e. The van der Waals surface area contributed by atoms with E-state index in [4.69, 9.17) is 0 Å². The summed E-state index contributed by atoms with van der Waals surface area (Å²) in [6, 6.07) is 6.02. The molecule has 0 unspecified atom stereocenters. The number of nitrogens with one attached hydrogen (secondary N) is 2. The molecule has 2 rings (SSSR count). The molecule has 0 saturated heterocycles. The predicted octanol–water partition coefficient (Wildman–Crippen LogP) is 2.04. The smallest absolute Gasteiger partial charge is 0.289 e. The fourth-order valence-electron chi connectivity index (χ4n) is 2.33. The fourth-order valence-corrected chi connectivity index (χ4v) is 2.33. The standard InChI is InChI=1S/C16H21N5O/c1-5-10-17-20-15-18-14(21(6-2)16(22)19-15)13-11(3)8-7-9-12(13)4/h5,7-9,17H,1,6,10H2,2-4H3,(H,19,20,22). The highest BCUT2D eigenvalue weighted by Gasteiger charge is 2.14. The summed E-state index contributed by atoms with van der Waals surface area (Å²) >= 11 is 0. The first-order valence-electron chi connectivity index (χ1n) is 7.23. The molecule has 1 heterocycles. The summed E-state index contributed by atoms with van der Waals surface area (Å²) < 4.78 is 1.58. The summed E-state index contributed by atoms with van der Waals surface area (Å²) in [7, 11) is 0. The summed E-state index contributed by atoms with van der Waals surface area (Å²) in [6.07, 6.45) is 1.70. The summed E-state index contributed by atoms with van der Waals surface area (Å²) in [5, 5.41) is 0. The van der Waals surface area contributed by atoms with Gasteiger partial charge in [-0.15, -0.1) is 6.58 Å². The highest BCUT2D eigenvalue weighted by molar-refractivity contribution is 5.65. The third kappa shape index (κ3) is 3.23. The summed E-state index contributed by atoms with van der Waals surface area (Å²) in [5.41, 5.74) is 8.51. The fraction of sp³-hybridized carbons (Fsp3) is 0.312. The molecule has 6 nitrogen and oxygen atoms in total. The van der Waals surface area contributed by atoms with E-state index in [1.807, 2.05) is 39.0 Å². The number of aryl methyl sites for hydroxylation is 2. The van der Waals surface area contributed by atoms with Crippen LogP contribution in [0, 0.1) is 13.8 Å². The SMILES string of the molecule is C=CCNNc1nc(-c2c(C)cccc2C)n(CC)c(=O)n1. The van der Waals surface area contributed by atoms with Gasteiger partial charge >= 0.3 is 5.69 Å². The minimum absolute atomic E-state index is 0.259.